The minimum atomic E-state index is -4.17. The summed E-state index contributed by atoms with van der Waals surface area (Å²) in [4.78, 5) is 29.0. The Kier molecular flexibility index (Phi) is 7.91. The lowest BCUT2D eigenvalue weighted by molar-refractivity contribution is -0.00557. The second-order valence-corrected chi connectivity index (χ2v) is 12.6. The number of morpholine rings is 1. The summed E-state index contributed by atoms with van der Waals surface area (Å²) in [6.07, 6.45) is 2.78. The van der Waals surface area contributed by atoms with E-state index < -0.39 is 21.8 Å². The van der Waals surface area contributed by atoms with Gasteiger partial charge in [0.15, 0.2) is 17.6 Å². The molecule has 228 valence electrons. The summed E-state index contributed by atoms with van der Waals surface area (Å²) in [5.41, 5.74) is 3.03. The van der Waals surface area contributed by atoms with Crippen LogP contribution in [0.4, 0.5) is 10.2 Å². The highest BCUT2D eigenvalue weighted by Crippen LogP contribution is 2.32. The minimum Gasteiger partial charge on any atom is -0.493 e. The van der Waals surface area contributed by atoms with Gasteiger partial charge >= 0.3 is 0 Å². The van der Waals surface area contributed by atoms with Crippen LogP contribution < -0.4 is 15.0 Å². The SMILES string of the molecule is COc1ccc(-c2ccc3cnc(CNC(=O)c4ccc5occ(S(=O)(=O)CF)c5c4)cc3n2)nc1N1C[C@@H](C)O[C@@H](C)C1. The lowest BCUT2D eigenvalue weighted by Gasteiger charge is -2.36. The molecule has 1 aliphatic rings. The first kappa shape index (κ1) is 29.5. The van der Waals surface area contributed by atoms with Crippen LogP contribution >= 0.6 is 0 Å². The first-order chi connectivity index (χ1) is 21.1. The molecule has 5 heterocycles. The Bertz CT molecular complexity index is 1970. The van der Waals surface area contributed by atoms with Crippen molar-refractivity contribution in [2.45, 2.75) is 37.5 Å². The number of anilines is 1. The van der Waals surface area contributed by atoms with E-state index >= 15 is 0 Å². The number of furan rings is 1. The first-order valence-corrected chi connectivity index (χ1v) is 15.6. The van der Waals surface area contributed by atoms with Crippen LogP contribution in [-0.2, 0) is 21.1 Å². The molecule has 1 aliphatic heterocycles. The maximum Gasteiger partial charge on any atom is 0.251 e. The third-order valence-corrected chi connectivity index (χ3v) is 8.65. The van der Waals surface area contributed by atoms with E-state index in [1.165, 1.54) is 18.2 Å². The fraction of sp³-hybridized carbons (Fsp3) is 0.290. The summed E-state index contributed by atoms with van der Waals surface area (Å²) in [7, 11) is -2.54. The second-order valence-electron chi connectivity index (χ2n) is 10.7. The monoisotopic (exact) mass is 619 g/mol. The van der Waals surface area contributed by atoms with Gasteiger partial charge in [-0.1, -0.05) is 0 Å². The standard InChI is InChI=1S/C31H30FN5O6S/c1-18-14-37(15-19(2)43-18)30-28(41-3)9-7-25(36-30)24-6-4-21-12-33-22(11-26(21)35-24)13-34-31(38)20-5-8-27-23(10-20)29(16-42-27)44(39,40)17-32/h4-12,16,18-19H,13-15,17H2,1-3H3,(H,34,38)/t18-,19+. The number of fused-ring (bicyclic) bond motifs is 2. The van der Waals surface area contributed by atoms with E-state index in [1.54, 1.807) is 19.4 Å². The molecule has 1 amide bonds. The second kappa shape index (κ2) is 11.8. The van der Waals surface area contributed by atoms with Crippen molar-refractivity contribution in [1.29, 1.82) is 0 Å². The van der Waals surface area contributed by atoms with Gasteiger partial charge in [0.25, 0.3) is 5.91 Å². The zero-order chi connectivity index (χ0) is 31.0. The number of nitrogens with one attached hydrogen (secondary N) is 1. The van der Waals surface area contributed by atoms with E-state index in [4.69, 9.17) is 23.9 Å². The molecule has 0 radical (unpaired) electrons. The van der Waals surface area contributed by atoms with Gasteiger partial charge < -0.3 is 24.1 Å². The van der Waals surface area contributed by atoms with Gasteiger partial charge in [-0.05, 0) is 62.4 Å². The normalized spacial score (nSPS) is 17.2. The molecule has 0 unspecified atom stereocenters. The van der Waals surface area contributed by atoms with Crippen LogP contribution in [0, 0.1) is 0 Å². The molecule has 0 saturated carbocycles. The van der Waals surface area contributed by atoms with Crippen LogP contribution in [0.25, 0.3) is 33.3 Å². The molecule has 1 fully saturated rings. The van der Waals surface area contributed by atoms with Crippen LogP contribution in [0.15, 0.2) is 70.3 Å². The number of aromatic nitrogens is 3. The van der Waals surface area contributed by atoms with Crippen LogP contribution in [0.1, 0.15) is 29.9 Å². The van der Waals surface area contributed by atoms with Gasteiger partial charge in [0.2, 0.25) is 9.84 Å². The average molecular weight is 620 g/mol. The molecule has 0 spiro atoms. The van der Waals surface area contributed by atoms with Gasteiger partial charge in [-0.2, -0.15) is 0 Å². The zero-order valence-corrected chi connectivity index (χ0v) is 25.1. The predicted molar refractivity (Wildman–Crippen MR) is 162 cm³/mol. The smallest absolute Gasteiger partial charge is 0.251 e. The summed E-state index contributed by atoms with van der Waals surface area (Å²) >= 11 is 0. The molecule has 1 N–H and O–H groups in total. The van der Waals surface area contributed by atoms with E-state index in [-0.39, 0.29) is 40.2 Å². The molecule has 2 atom stereocenters. The topological polar surface area (TPSA) is 137 Å². The summed E-state index contributed by atoms with van der Waals surface area (Å²) < 4.78 is 53.9. The van der Waals surface area contributed by atoms with Crippen LogP contribution in [0.5, 0.6) is 5.75 Å². The Morgan fingerprint density at radius 3 is 2.57 bits per heavy atom. The van der Waals surface area contributed by atoms with Crippen molar-refractivity contribution in [2.24, 2.45) is 0 Å². The van der Waals surface area contributed by atoms with Gasteiger partial charge in [-0.25, -0.2) is 22.8 Å². The van der Waals surface area contributed by atoms with Crippen molar-refractivity contribution in [2.75, 3.05) is 31.1 Å². The van der Waals surface area contributed by atoms with E-state index in [0.29, 0.717) is 41.4 Å². The number of carbonyl (C=O) groups is 1. The highest BCUT2D eigenvalue weighted by molar-refractivity contribution is 7.91. The van der Waals surface area contributed by atoms with Crippen molar-refractivity contribution < 1.29 is 31.5 Å². The van der Waals surface area contributed by atoms with E-state index in [1.807, 2.05) is 38.1 Å². The average Bonchev–Trinajstić information content (AvgIpc) is 3.47. The Morgan fingerprint density at radius 1 is 1.07 bits per heavy atom. The molecule has 1 saturated heterocycles. The van der Waals surface area contributed by atoms with Gasteiger partial charge in [-0.15, -0.1) is 0 Å². The van der Waals surface area contributed by atoms with E-state index in [9.17, 15) is 17.6 Å². The van der Waals surface area contributed by atoms with Crippen LogP contribution in [-0.4, -0.2) is 67.7 Å². The number of alkyl halides is 1. The Hall–Kier alpha value is -4.62. The van der Waals surface area contributed by atoms with Crippen molar-refractivity contribution in [3.05, 3.63) is 72.2 Å². The Balaban J connectivity index is 1.23. The van der Waals surface area contributed by atoms with Crippen LogP contribution in [0.2, 0.25) is 0 Å². The summed E-state index contributed by atoms with van der Waals surface area (Å²) in [6.45, 7) is 5.55. The number of carbonyl (C=O) groups excluding carboxylic acids is 1. The first-order valence-electron chi connectivity index (χ1n) is 13.9. The summed E-state index contributed by atoms with van der Waals surface area (Å²) in [6, 6.07) is 12.1. The lowest BCUT2D eigenvalue weighted by Crippen LogP contribution is -2.46. The highest BCUT2D eigenvalue weighted by atomic mass is 32.2. The molecular formula is C31H30FN5O6S. The van der Waals surface area contributed by atoms with Gasteiger partial charge in [0, 0.05) is 35.6 Å². The molecule has 44 heavy (non-hydrogen) atoms. The molecule has 13 heteroatoms. The molecular weight excluding hydrogens is 589 g/mol. The number of rotatable bonds is 8. The number of benzene rings is 1. The fourth-order valence-electron chi connectivity index (χ4n) is 5.33. The largest absolute Gasteiger partial charge is 0.493 e. The lowest BCUT2D eigenvalue weighted by atomic mass is 10.1. The molecule has 6 rings (SSSR count). The quantitative estimate of drug-likeness (QED) is 0.260. The van der Waals surface area contributed by atoms with Crippen molar-refractivity contribution in [3.8, 4) is 17.1 Å². The minimum absolute atomic E-state index is 0.0580. The molecule has 5 aromatic rings. The number of ether oxygens (including phenoxy) is 2. The van der Waals surface area contributed by atoms with Gasteiger partial charge in [0.1, 0.15) is 16.7 Å². The number of amides is 1. The van der Waals surface area contributed by atoms with Gasteiger partial charge in [-0.3, -0.25) is 9.78 Å². The molecule has 11 nitrogen and oxygen atoms in total. The molecule has 4 aromatic heterocycles. The number of hydrogen-bond donors (Lipinski definition) is 1. The Morgan fingerprint density at radius 2 is 1.82 bits per heavy atom. The predicted octanol–water partition coefficient (Wildman–Crippen LogP) is 4.69. The summed E-state index contributed by atoms with van der Waals surface area (Å²) in [5.74, 6) is 0.947. The number of pyridine rings is 3. The van der Waals surface area contributed by atoms with Crippen molar-refractivity contribution in [1.82, 2.24) is 20.3 Å². The van der Waals surface area contributed by atoms with E-state index in [2.05, 4.69) is 15.2 Å². The number of hydrogen-bond acceptors (Lipinski definition) is 10. The van der Waals surface area contributed by atoms with Crippen molar-refractivity contribution >= 4 is 43.4 Å². The molecule has 0 aliphatic carbocycles. The van der Waals surface area contributed by atoms with Crippen LogP contribution in [0.3, 0.4) is 0 Å². The number of methoxy groups -OCH3 is 1. The fourth-order valence-corrected chi connectivity index (χ4v) is 6.14. The maximum absolute atomic E-state index is 13.1. The third-order valence-electron chi connectivity index (χ3n) is 7.38. The number of halogens is 1. The van der Waals surface area contributed by atoms with Crippen molar-refractivity contribution in [3.63, 3.8) is 0 Å². The van der Waals surface area contributed by atoms with E-state index in [0.717, 1.165) is 17.5 Å². The maximum atomic E-state index is 13.1. The number of nitrogens with zero attached hydrogens (tertiary/aromatic N) is 4. The zero-order valence-electron chi connectivity index (χ0n) is 24.3. The highest BCUT2D eigenvalue weighted by Gasteiger charge is 2.26. The van der Waals surface area contributed by atoms with Gasteiger partial charge in [0.05, 0.1) is 48.5 Å². The Labute approximate surface area is 252 Å². The third kappa shape index (κ3) is 5.80. The molecule has 0 bridgehead atoms. The molecule has 1 aromatic carbocycles. The number of sulfone groups is 1. The summed E-state index contributed by atoms with van der Waals surface area (Å²) in [5, 5.41) is 3.76.